The summed E-state index contributed by atoms with van der Waals surface area (Å²) in [6.07, 6.45) is 0. The van der Waals surface area contributed by atoms with Crippen LogP contribution in [0.2, 0.25) is 0 Å². The first kappa shape index (κ1) is 12.2. The maximum Gasteiger partial charge on any atom is 0.166 e. The Labute approximate surface area is 108 Å². The summed E-state index contributed by atoms with van der Waals surface area (Å²) in [6.45, 7) is 6.55. The summed E-state index contributed by atoms with van der Waals surface area (Å²) in [4.78, 5) is 4.54. The highest BCUT2D eigenvalue weighted by molar-refractivity contribution is 8.14. The zero-order chi connectivity index (χ0) is 11.6. The maximum atomic E-state index is 4.54. The van der Waals surface area contributed by atoms with Gasteiger partial charge in [-0.2, -0.15) is 0 Å². The molecule has 1 heterocycles. The topological polar surface area (TPSA) is 24.9 Å². The predicted octanol–water partition coefficient (Wildman–Crippen LogP) is 4.34. The van der Waals surface area contributed by atoms with Crippen molar-refractivity contribution < 1.29 is 0 Å². The molecule has 0 spiro atoms. The van der Waals surface area contributed by atoms with E-state index in [1.807, 2.05) is 18.2 Å². The van der Waals surface area contributed by atoms with Crippen LogP contribution in [0.25, 0.3) is 10.2 Å². The first-order valence-corrected chi connectivity index (χ1v) is 7.45. The molecule has 0 aliphatic heterocycles. The number of aromatic nitrogens is 1. The first-order valence-electron chi connectivity index (χ1n) is 5.00. The van der Waals surface area contributed by atoms with E-state index in [4.69, 9.17) is 0 Å². The van der Waals surface area contributed by atoms with E-state index in [1.54, 1.807) is 35.2 Å². The van der Waals surface area contributed by atoms with Crippen LogP contribution in [0.5, 0.6) is 0 Å². The van der Waals surface area contributed by atoms with Gasteiger partial charge in [0, 0.05) is 4.75 Å². The number of thiazole rings is 1. The van der Waals surface area contributed by atoms with Gasteiger partial charge in [0.15, 0.2) is 4.34 Å². The molecule has 16 heavy (non-hydrogen) atoms. The quantitative estimate of drug-likeness (QED) is 0.839. The van der Waals surface area contributed by atoms with Gasteiger partial charge in [0.25, 0.3) is 0 Å². The maximum absolute atomic E-state index is 4.54. The van der Waals surface area contributed by atoms with Crippen LogP contribution in [-0.2, 0) is 0 Å². The van der Waals surface area contributed by atoms with Crippen LogP contribution in [-0.4, -0.2) is 9.73 Å². The fourth-order valence-electron chi connectivity index (χ4n) is 1.08. The molecule has 0 fully saturated rings. The van der Waals surface area contributed by atoms with Gasteiger partial charge in [-0.3, -0.25) is 0 Å². The van der Waals surface area contributed by atoms with Gasteiger partial charge in [0.2, 0.25) is 0 Å². The van der Waals surface area contributed by atoms with Crippen LogP contribution in [0, 0.1) is 0 Å². The Hall–Kier alpha value is -0.230. The summed E-state index contributed by atoms with van der Waals surface area (Å²) < 4.78 is 5.82. The SMILES string of the molecule is CC(C)(C)SNSc1nc2ccccc2s1. The van der Waals surface area contributed by atoms with Crippen LogP contribution in [0.15, 0.2) is 28.6 Å². The van der Waals surface area contributed by atoms with Crippen molar-refractivity contribution in [2.75, 3.05) is 0 Å². The van der Waals surface area contributed by atoms with Crippen molar-refractivity contribution in [3.05, 3.63) is 24.3 Å². The van der Waals surface area contributed by atoms with E-state index in [9.17, 15) is 0 Å². The Morgan fingerprint density at radius 2 is 2.00 bits per heavy atom. The molecule has 0 saturated carbocycles. The van der Waals surface area contributed by atoms with Crippen LogP contribution >= 0.6 is 35.2 Å². The fourth-order valence-corrected chi connectivity index (χ4v) is 4.11. The molecule has 0 radical (unpaired) electrons. The highest BCUT2D eigenvalue weighted by atomic mass is 32.2. The molecule has 2 rings (SSSR count). The highest BCUT2D eigenvalue weighted by Crippen LogP contribution is 2.30. The van der Waals surface area contributed by atoms with Crippen molar-refractivity contribution in [3.63, 3.8) is 0 Å². The third kappa shape index (κ3) is 3.38. The van der Waals surface area contributed by atoms with Gasteiger partial charge in [-0.15, -0.1) is 11.3 Å². The molecule has 1 N–H and O–H groups in total. The highest BCUT2D eigenvalue weighted by Gasteiger charge is 2.11. The number of para-hydroxylation sites is 1. The molecule has 1 aromatic carbocycles. The van der Waals surface area contributed by atoms with Crippen LogP contribution in [0.4, 0.5) is 0 Å². The van der Waals surface area contributed by atoms with E-state index in [1.165, 1.54) is 4.70 Å². The van der Waals surface area contributed by atoms with Gasteiger partial charge >= 0.3 is 0 Å². The molecule has 0 bridgehead atoms. The Morgan fingerprint density at radius 3 is 2.69 bits per heavy atom. The standard InChI is InChI=1S/C11H14N2S3/c1-11(2,3)16-13-15-10-12-8-6-4-5-7-9(8)14-10/h4-7,13H,1-3H3. The van der Waals surface area contributed by atoms with Gasteiger partial charge < -0.3 is 0 Å². The molecule has 5 heteroatoms. The molecule has 0 amide bonds. The normalized spacial score (nSPS) is 12.2. The molecular formula is C11H14N2S3. The number of hydrogen-bond acceptors (Lipinski definition) is 5. The van der Waals surface area contributed by atoms with Gasteiger partial charge in [-0.05, 0) is 44.9 Å². The van der Waals surface area contributed by atoms with Crippen LogP contribution in [0.3, 0.4) is 0 Å². The molecule has 0 saturated heterocycles. The van der Waals surface area contributed by atoms with Gasteiger partial charge in [-0.1, -0.05) is 24.1 Å². The Kier molecular flexibility index (Phi) is 3.79. The summed E-state index contributed by atoms with van der Waals surface area (Å²) in [5.41, 5.74) is 1.08. The molecule has 0 aliphatic carbocycles. The molecule has 0 aliphatic rings. The van der Waals surface area contributed by atoms with E-state index in [2.05, 4.69) is 35.9 Å². The number of nitrogens with one attached hydrogen (secondary N) is 1. The average Bonchev–Trinajstić information content (AvgIpc) is 2.57. The summed E-state index contributed by atoms with van der Waals surface area (Å²) >= 11 is 5.04. The molecule has 0 atom stereocenters. The van der Waals surface area contributed by atoms with E-state index in [0.717, 1.165) is 9.86 Å². The zero-order valence-corrected chi connectivity index (χ0v) is 11.9. The summed E-state index contributed by atoms with van der Waals surface area (Å²) in [7, 11) is 0. The Balaban J connectivity index is 2.00. The number of benzene rings is 1. The van der Waals surface area contributed by atoms with Crippen molar-refractivity contribution in [2.45, 2.75) is 29.9 Å². The van der Waals surface area contributed by atoms with Crippen LogP contribution in [0.1, 0.15) is 20.8 Å². The summed E-state index contributed by atoms with van der Waals surface area (Å²) in [5, 5.41) is 0. The molecule has 86 valence electrons. The lowest BCUT2D eigenvalue weighted by Gasteiger charge is -2.16. The molecular weight excluding hydrogens is 256 g/mol. The van der Waals surface area contributed by atoms with E-state index < -0.39 is 0 Å². The van der Waals surface area contributed by atoms with E-state index in [0.29, 0.717) is 0 Å². The lowest BCUT2D eigenvalue weighted by atomic mass is 10.3. The lowest BCUT2D eigenvalue weighted by Crippen LogP contribution is -2.12. The largest absolute Gasteiger partial charge is 0.228 e. The number of rotatable bonds is 3. The third-order valence-corrected chi connectivity index (χ3v) is 4.63. The first-order chi connectivity index (χ1) is 7.54. The van der Waals surface area contributed by atoms with Crippen molar-refractivity contribution in [3.8, 4) is 0 Å². The minimum atomic E-state index is 0.226. The average molecular weight is 270 g/mol. The minimum Gasteiger partial charge on any atom is -0.228 e. The minimum absolute atomic E-state index is 0.226. The van der Waals surface area contributed by atoms with Crippen molar-refractivity contribution in [1.29, 1.82) is 0 Å². The summed E-state index contributed by atoms with van der Waals surface area (Å²) in [6, 6.07) is 8.22. The monoisotopic (exact) mass is 270 g/mol. The van der Waals surface area contributed by atoms with Gasteiger partial charge in [0.05, 0.1) is 10.2 Å². The van der Waals surface area contributed by atoms with Crippen molar-refractivity contribution in [1.82, 2.24) is 9.11 Å². The smallest absolute Gasteiger partial charge is 0.166 e. The van der Waals surface area contributed by atoms with E-state index >= 15 is 0 Å². The lowest BCUT2D eigenvalue weighted by molar-refractivity contribution is 0.802. The Bertz CT molecular complexity index is 440. The zero-order valence-electron chi connectivity index (χ0n) is 9.48. The van der Waals surface area contributed by atoms with E-state index in [-0.39, 0.29) is 4.75 Å². The fraction of sp³-hybridized carbons (Fsp3) is 0.364. The van der Waals surface area contributed by atoms with Crippen molar-refractivity contribution >= 4 is 45.4 Å². The van der Waals surface area contributed by atoms with Crippen LogP contribution < -0.4 is 4.13 Å². The number of hydrogen-bond donors (Lipinski definition) is 1. The second-order valence-electron chi connectivity index (χ2n) is 4.35. The molecule has 2 aromatic rings. The second-order valence-corrected chi connectivity index (χ2v) is 8.32. The third-order valence-electron chi connectivity index (χ3n) is 1.75. The Morgan fingerprint density at radius 1 is 1.25 bits per heavy atom. The molecule has 1 aromatic heterocycles. The summed E-state index contributed by atoms with van der Waals surface area (Å²) in [5.74, 6) is 0. The van der Waals surface area contributed by atoms with Gasteiger partial charge in [0.1, 0.15) is 0 Å². The molecule has 0 unspecified atom stereocenters. The second kappa shape index (κ2) is 4.96. The number of nitrogens with zero attached hydrogens (tertiary/aromatic N) is 1. The van der Waals surface area contributed by atoms with Crippen molar-refractivity contribution in [2.24, 2.45) is 0 Å². The van der Waals surface area contributed by atoms with Gasteiger partial charge in [-0.25, -0.2) is 9.11 Å². The predicted molar refractivity (Wildman–Crippen MR) is 76.0 cm³/mol. The molecule has 2 nitrogen and oxygen atoms in total. The number of fused-ring (bicyclic) bond motifs is 1.